The molecule has 7 heteroatoms. The van der Waals surface area contributed by atoms with Gasteiger partial charge in [-0.3, -0.25) is 14.8 Å². The lowest BCUT2D eigenvalue weighted by Crippen LogP contribution is -2.60. The van der Waals surface area contributed by atoms with Gasteiger partial charge in [0.05, 0.1) is 23.6 Å². The topological polar surface area (TPSA) is 84.4 Å². The van der Waals surface area contributed by atoms with Crippen molar-refractivity contribution in [3.63, 3.8) is 0 Å². The van der Waals surface area contributed by atoms with Crippen LogP contribution in [-0.2, 0) is 7.05 Å². The van der Waals surface area contributed by atoms with Crippen molar-refractivity contribution in [1.82, 2.24) is 9.78 Å². The van der Waals surface area contributed by atoms with Crippen LogP contribution in [0.15, 0.2) is 6.20 Å². The summed E-state index contributed by atoms with van der Waals surface area (Å²) in [6.07, 6.45) is 1.36. The lowest BCUT2D eigenvalue weighted by Gasteiger charge is -2.43. The predicted molar refractivity (Wildman–Crippen MR) is 52.7 cm³/mol. The third-order valence-corrected chi connectivity index (χ3v) is 2.35. The molecule has 0 atom stereocenters. The van der Waals surface area contributed by atoms with Gasteiger partial charge < -0.3 is 10.0 Å². The number of aromatic nitrogens is 2. The Labute approximate surface area is 86.1 Å². The Morgan fingerprint density at radius 2 is 2.27 bits per heavy atom. The third kappa shape index (κ3) is 1.65. The zero-order chi connectivity index (χ0) is 11.2. The summed E-state index contributed by atoms with van der Waals surface area (Å²) in [6, 6.07) is 0. The lowest BCUT2D eigenvalue weighted by molar-refractivity contribution is -0.384. The summed E-state index contributed by atoms with van der Waals surface area (Å²) in [5, 5.41) is 24.2. The highest BCUT2D eigenvalue weighted by atomic mass is 16.6. The summed E-state index contributed by atoms with van der Waals surface area (Å²) < 4.78 is 1.40. The van der Waals surface area contributed by atoms with Gasteiger partial charge in [0, 0.05) is 7.05 Å². The maximum atomic E-state index is 10.7. The zero-order valence-electron chi connectivity index (χ0n) is 8.54. The molecule has 2 rings (SSSR count). The van der Waals surface area contributed by atoms with E-state index in [2.05, 4.69) is 5.10 Å². The summed E-state index contributed by atoms with van der Waals surface area (Å²) in [6.45, 7) is 2.45. The van der Waals surface area contributed by atoms with Crippen molar-refractivity contribution >= 4 is 11.5 Å². The molecule has 7 nitrogen and oxygen atoms in total. The fraction of sp³-hybridized carbons (Fsp3) is 0.625. The molecule has 0 unspecified atom stereocenters. The Hall–Kier alpha value is -1.63. The number of aryl methyl sites for hydroxylation is 1. The highest BCUT2D eigenvalue weighted by molar-refractivity contribution is 5.59. The predicted octanol–water partition coefficient (Wildman–Crippen LogP) is -0.101. The summed E-state index contributed by atoms with van der Waals surface area (Å²) in [7, 11) is 1.63. The van der Waals surface area contributed by atoms with Gasteiger partial charge in [0.2, 0.25) is 5.82 Å². The molecule has 0 spiro atoms. The van der Waals surface area contributed by atoms with E-state index in [1.165, 1.54) is 10.9 Å². The highest BCUT2D eigenvalue weighted by Gasteiger charge is 2.40. The number of hydrogen-bond donors (Lipinski definition) is 1. The minimum absolute atomic E-state index is 0.0204. The van der Waals surface area contributed by atoms with Crippen LogP contribution in [0, 0.1) is 10.1 Å². The first-order valence-electron chi connectivity index (χ1n) is 4.54. The molecule has 82 valence electrons. The van der Waals surface area contributed by atoms with Gasteiger partial charge in [0.25, 0.3) is 0 Å². The average Bonchev–Trinajstić information content (AvgIpc) is 2.42. The highest BCUT2D eigenvalue weighted by Crippen LogP contribution is 2.32. The van der Waals surface area contributed by atoms with E-state index in [4.69, 9.17) is 0 Å². The number of aliphatic hydroxyl groups is 1. The van der Waals surface area contributed by atoms with E-state index < -0.39 is 10.5 Å². The second-order valence-corrected chi connectivity index (χ2v) is 4.12. The van der Waals surface area contributed by atoms with Gasteiger partial charge in [-0.1, -0.05) is 0 Å². The van der Waals surface area contributed by atoms with Crippen molar-refractivity contribution in [2.24, 2.45) is 7.05 Å². The standard InChI is InChI=1S/C8H12N4O3/c1-8(13)4-11(5-8)7-6(12(14)15)3-10(2)9-7/h3,13H,4-5H2,1-2H3. The first-order chi connectivity index (χ1) is 6.89. The fourth-order valence-corrected chi connectivity index (χ4v) is 1.74. The molecule has 2 heterocycles. The molecule has 1 aromatic heterocycles. The molecule has 1 saturated heterocycles. The normalized spacial score (nSPS) is 18.7. The fourth-order valence-electron chi connectivity index (χ4n) is 1.74. The zero-order valence-corrected chi connectivity index (χ0v) is 8.54. The average molecular weight is 212 g/mol. The minimum atomic E-state index is -0.759. The van der Waals surface area contributed by atoms with Crippen LogP contribution in [0.5, 0.6) is 0 Å². The Kier molecular flexibility index (Phi) is 1.93. The lowest BCUT2D eigenvalue weighted by atomic mass is 9.97. The molecular formula is C8H12N4O3. The number of rotatable bonds is 2. The maximum absolute atomic E-state index is 10.7. The molecule has 1 aromatic rings. The molecule has 1 fully saturated rings. The van der Waals surface area contributed by atoms with Gasteiger partial charge in [-0.05, 0) is 6.92 Å². The summed E-state index contributed by atoms with van der Waals surface area (Å²) in [5.74, 6) is 0.328. The Morgan fingerprint density at radius 3 is 2.73 bits per heavy atom. The Balaban J connectivity index is 2.26. The monoisotopic (exact) mass is 212 g/mol. The maximum Gasteiger partial charge on any atom is 0.330 e. The summed E-state index contributed by atoms with van der Waals surface area (Å²) >= 11 is 0. The number of hydrogen-bond acceptors (Lipinski definition) is 5. The van der Waals surface area contributed by atoms with Crippen LogP contribution in [0.1, 0.15) is 6.92 Å². The van der Waals surface area contributed by atoms with Crippen molar-refractivity contribution in [2.75, 3.05) is 18.0 Å². The van der Waals surface area contributed by atoms with Gasteiger partial charge in [-0.15, -0.1) is 5.10 Å². The van der Waals surface area contributed by atoms with Gasteiger partial charge in [0.15, 0.2) is 0 Å². The number of anilines is 1. The van der Waals surface area contributed by atoms with Crippen molar-refractivity contribution < 1.29 is 10.0 Å². The van der Waals surface area contributed by atoms with Gasteiger partial charge >= 0.3 is 5.69 Å². The molecule has 1 aliphatic heterocycles. The van der Waals surface area contributed by atoms with Crippen LogP contribution in [0.2, 0.25) is 0 Å². The minimum Gasteiger partial charge on any atom is -0.386 e. The number of β-amino-alcohol motifs (C(OH)–C–C–N with tert-alkyl or cyclic N) is 1. The van der Waals surface area contributed by atoms with Crippen LogP contribution in [-0.4, -0.2) is 38.5 Å². The van der Waals surface area contributed by atoms with E-state index in [-0.39, 0.29) is 5.69 Å². The van der Waals surface area contributed by atoms with Crippen LogP contribution in [0.3, 0.4) is 0 Å². The van der Waals surface area contributed by atoms with Crippen LogP contribution in [0.25, 0.3) is 0 Å². The SMILES string of the molecule is Cn1cc([N+](=O)[O-])c(N2CC(C)(O)C2)n1. The van der Waals surface area contributed by atoms with E-state index in [1.54, 1.807) is 18.9 Å². The molecule has 1 aliphatic rings. The Morgan fingerprint density at radius 1 is 1.67 bits per heavy atom. The smallest absolute Gasteiger partial charge is 0.330 e. The van der Waals surface area contributed by atoms with Crippen LogP contribution >= 0.6 is 0 Å². The van der Waals surface area contributed by atoms with Crippen molar-refractivity contribution in [1.29, 1.82) is 0 Å². The molecule has 0 amide bonds. The number of nitrogens with zero attached hydrogens (tertiary/aromatic N) is 4. The summed E-state index contributed by atoms with van der Waals surface area (Å²) in [4.78, 5) is 11.9. The molecule has 0 saturated carbocycles. The molecule has 0 radical (unpaired) electrons. The van der Waals surface area contributed by atoms with Crippen molar-refractivity contribution in [3.05, 3.63) is 16.3 Å². The van der Waals surface area contributed by atoms with Crippen LogP contribution < -0.4 is 4.90 Å². The van der Waals surface area contributed by atoms with Gasteiger partial charge in [0.1, 0.15) is 6.20 Å². The van der Waals surface area contributed by atoms with E-state index in [9.17, 15) is 15.2 Å². The molecular weight excluding hydrogens is 200 g/mol. The molecule has 0 aromatic carbocycles. The first kappa shape index (κ1) is 9.91. The molecule has 0 bridgehead atoms. The van der Waals surface area contributed by atoms with Crippen molar-refractivity contribution in [2.45, 2.75) is 12.5 Å². The molecule has 15 heavy (non-hydrogen) atoms. The second-order valence-electron chi connectivity index (χ2n) is 4.12. The van der Waals surface area contributed by atoms with E-state index in [0.717, 1.165) is 0 Å². The van der Waals surface area contributed by atoms with E-state index in [1.807, 2.05) is 0 Å². The number of nitro groups is 1. The first-order valence-corrected chi connectivity index (χ1v) is 4.54. The van der Waals surface area contributed by atoms with E-state index in [0.29, 0.717) is 18.9 Å². The largest absolute Gasteiger partial charge is 0.386 e. The van der Waals surface area contributed by atoms with Crippen molar-refractivity contribution in [3.8, 4) is 0 Å². The quantitative estimate of drug-likeness (QED) is 0.546. The molecule has 1 N–H and O–H groups in total. The van der Waals surface area contributed by atoms with E-state index >= 15 is 0 Å². The third-order valence-electron chi connectivity index (χ3n) is 2.35. The second kappa shape index (κ2) is 2.93. The van der Waals surface area contributed by atoms with Gasteiger partial charge in [-0.25, -0.2) is 0 Å². The molecule has 0 aliphatic carbocycles. The Bertz CT molecular complexity index is 404. The van der Waals surface area contributed by atoms with Crippen LogP contribution in [0.4, 0.5) is 11.5 Å². The summed E-state index contributed by atoms with van der Waals surface area (Å²) in [5.41, 5.74) is -0.779. The van der Waals surface area contributed by atoms with Gasteiger partial charge in [-0.2, -0.15) is 0 Å².